The van der Waals surface area contributed by atoms with E-state index in [2.05, 4.69) is 17.6 Å². The molecule has 0 bridgehead atoms. The second-order valence-corrected chi connectivity index (χ2v) is 5.16. The molecule has 1 aliphatic carbocycles. The summed E-state index contributed by atoms with van der Waals surface area (Å²) in [4.78, 5) is 11.9. The van der Waals surface area contributed by atoms with Crippen LogP contribution in [0.25, 0.3) is 0 Å². The lowest BCUT2D eigenvalue weighted by molar-refractivity contribution is -0.126. The normalized spacial score (nSPS) is 23.9. The third-order valence-electron chi connectivity index (χ3n) is 3.88. The molecule has 0 aromatic heterocycles. The molecule has 4 heteroatoms. The fourth-order valence-electron chi connectivity index (χ4n) is 2.55. The predicted octanol–water partition coefficient (Wildman–Crippen LogP) is 1.55. The van der Waals surface area contributed by atoms with Crippen molar-refractivity contribution in [1.82, 2.24) is 10.6 Å². The number of rotatable bonds is 8. The second kappa shape index (κ2) is 9.34. The van der Waals surface area contributed by atoms with Gasteiger partial charge in [-0.2, -0.15) is 0 Å². The molecule has 18 heavy (non-hydrogen) atoms. The minimum atomic E-state index is 0.248. The van der Waals surface area contributed by atoms with Gasteiger partial charge in [0.25, 0.3) is 0 Å². The Kier molecular flexibility index (Phi) is 8.01. The van der Waals surface area contributed by atoms with Crippen LogP contribution in [0.2, 0.25) is 0 Å². The summed E-state index contributed by atoms with van der Waals surface area (Å²) in [7, 11) is 1.69. The molecule has 0 spiro atoms. The van der Waals surface area contributed by atoms with Gasteiger partial charge in [-0.05, 0) is 31.6 Å². The van der Waals surface area contributed by atoms with E-state index in [-0.39, 0.29) is 11.8 Å². The van der Waals surface area contributed by atoms with Crippen LogP contribution in [-0.4, -0.2) is 39.3 Å². The molecule has 1 rings (SSSR count). The third kappa shape index (κ3) is 5.83. The van der Waals surface area contributed by atoms with Gasteiger partial charge in [0.2, 0.25) is 5.91 Å². The summed E-state index contributed by atoms with van der Waals surface area (Å²) in [5.74, 6) is 1.36. The van der Waals surface area contributed by atoms with E-state index in [0.717, 1.165) is 45.0 Å². The largest absolute Gasteiger partial charge is 0.383 e. The Hall–Kier alpha value is -0.610. The van der Waals surface area contributed by atoms with Crippen molar-refractivity contribution in [2.45, 2.75) is 39.0 Å². The summed E-state index contributed by atoms with van der Waals surface area (Å²) in [6.45, 7) is 5.34. The SMILES string of the molecule is CCC1CCC(C(=O)NCCNCCOC)CC1. The molecular formula is C14H28N2O2. The van der Waals surface area contributed by atoms with Crippen molar-refractivity contribution >= 4 is 5.91 Å². The highest BCUT2D eigenvalue weighted by Gasteiger charge is 2.24. The van der Waals surface area contributed by atoms with Crippen molar-refractivity contribution in [3.05, 3.63) is 0 Å². The van der Waals surface area contributed by atoms with Gasteiger partial charge < -0.3 is 15.4 Å². The van der Waals surface area contributed by atoms with Gasteiger partial charge in [0.1, 0.15) is 0 Å². The van der Waals surface area contributed by atoms with Gasteiger partial charge in [0.05, 0.1) is 6.61 Å². The predicted molar refractivity (Wildman–Crippen MR) is 73.5 cm³/mol. The number of hydrogen-bond donors (Lipinski definition) is 2. The van der Waals surface area contributed by atoms with E-state index in [1.165, 1.54) is 19.3 Å². The van der Waals surface area contributed by atoms with Crippen LogP contribution < -0.4 is 10.6 Å². The molecule has 2 N–H and O–H groups in total. The number of carbonyl (C=O) groups is 1. The van der Waals surface area contributed by atoms with Crippen LogP contribution in [0.3, 0.4) is 0 Å². The smallest absolute Gasteiger partial charge is 0.223 e. The molecule has 0 heterocycles. The minimum Gasteiger partial charge on any atom is -0.383 e. The van der Waals surface area contributed by atoms with E-state index >= 15 is 0 Å². The summed E-state index contributed by atoms with van der Waals surface area (Å²) >= 11 is 0. The zero-order valence-electron chi connectivity index (χ0n) is 11.8. The monoisotopic (exact) mass is 256 g/mol. The maximum absolute atomic E-state index is 11.9. The van der Waals surface area contributed by atoms with Gasteiger partial charge in [0, 0.05) is 32.7 Å². The Labute approximate surface area is 111 Å². The van der Waals surface area contributed by atoms with Crippen LogP contribution in [0.5, 0.6) is 0 Å². The summed E-state index contributed by atoms with van der Waals surface area (Å²) in [5, 5.41) is 6.24. The quantitative estimate of drug-likeness (QED) is 0.648. The zero-order valence-corrected chi connectivity index (χ0v) is 11.8. The third-order valence-corrected chi connectivity index (χ3v) is 3.88. The molecular weight excluding hydrogens is 228 g/mol. The molecule has 0 aliphatic heterocycles. The number of carbonyl (C=O) groups excluding carboxylic acids is 1. The van der Waals surface area contributed by atoms with Crippen LogP contribution in [0.4, 0.5) is 0 Å². The van der Waals surface area contributed by atoms with Crippen LogP contribution >= 0.6 is 0 Å². The van der Waals surface area contributed by atoms with E-state index in [1.54, 1.807) is 7.11 Å². The van der Waals surface area contributed by atoms with Gasteiger partial charge in [-0.25, -0.2) is 0 Å². The first-order chi connectivity index (χ1) is 8.77. The summed E-state index contributed by atoms with van der Waals surface area (Å²) in [6.07, 6.45) is 5.85. The van der Waals surface area contributed by atoms with E-state index in [9.17, 15) is 4.79 Å². The maximum Gasteiger partial charge on any atom is 0.223 e. The standard InChI is InChI=1S/C14H28N2O2/c1-3-12-4-6-13(7-5-12)14(17)16-9-8-15-10-11-18-2/h12-13,15H,3-11H2,1-2H3,(H,16,17). The molecule has 4 nitrogen and oxygen atoms in total. The van der Waals surface area contributed by atoms with Crippen molar-refractivity contribution < 1.29 is 9.53 Å². The van der Waals surface area contributed by atoms with Crippen molar-refractivity contribution in [3.63, 3.8) is 0 Å². The minimum absolute atomic E-state index is 0.248. The topological polar surface area (TPSA) is 50.4 Å². The highest BCUT2D eigenvalue weighted by atomic mass is 16.5. The highest BCUT2D eigenvalue weighted by molar-refractivity contribution is 5.78. The fourth-order valence-corrected chi connectivity index (χ4v) is 2.55. The summed E-state index contributed by atoms with van der Waals surface area (Å²) in [6, 6.07) is 0. The summed E-state index contributed by atoms with van der Waals surface area (Å²) in [5.41, 5.74) is 0. The molecule has 1 fully saturated rings. The first-order valence-corrected chi connectivity index (χ1v) is 7.25. The lowest BCUT2D eigenvalue weighted by Crippen LogP contribution is -2.37. The molecule has 1 saturated carbocycles. The second-order valence-electron chi connectivity index (χ2n) is 5.16. The molecule has 106 valence electrons. The van der Waals surface area contributed by atoms with Gasteiger partial charge in [-0.15, -0.1) is 0 Å². The van der Waals surface area contributed by atoms with Gasteiger partial charge in [-0.1, -0.05) is 13.3 Å². The van der Waals surface area contributed by atoms with Crippen molar-refractivity contribution in [1.29, 1.82) is 0 Å². The molecule has 1 aliphatic rings. The Morgan fingerprint density at radius 3 is 2.50 bits per heavy atom. The Balaban J connectivity index is 2.03. The molecule has 0 aromatic rings. The summed E-state index contributed by atoms with van der Waals surface area (Å²) < 4.78 is 4.94. The number of ether oxygens (including phenoxy) is 1. The Morgan fingerprint density at radius 2 is 1.89 bits per heavy atom. The van der Waals surface area contributed by atoms with E-state index in [4.69, 9.17) is 4.74 Å². The van der Waals surface area contributed by atoms with Crippen LogP contribution in [0, 0.1) is 11.8 Å². The Bertz CT molecular complexity index is 226. The van der Waals surface area contributed by atoms with E-state index < -0.39 is 0 Å². The van der Waals surface area contributed by atoms with Gasteiger partial charge in [-0.3, -0.25) is 4.79 Å². The molecule has 0 atom stereocenters. The zero-order chi connectivity index (χ0) is 13.2. The molecule has 0 aromatic carbocycles. The average Bonchev–Trinajstić information content (AvgIpc) is 2.42. The molecule has 0 saturated heterocycles. The van der Waals surface area contributed by atoms with E-state index in [0.29, 0.717) is 0 Å². The van der Waals surface area contributed by atoms with Gasteiger partial charge in [0.15, 0.2) is 0 Å². The maximum atomic E-state index is 11.9. The first kappa shape index (κ1) is 15.4. The number of hydrogen-bond acceptors (Lipinski definition) is 3. The highest BCUT2D eigenvalue weighted by Crippen LogP contribution is 2.30. The van der Waals surface area contributed by atoms with Crippen molar-refractivity contribution in [2.24, 2.45) is 11.8 Å². The van der Waals surface area contributed by atoms with Crippen molar-refractivity contribution in [2.75, 3.05) is 33.4 Å². The van der Waals surface area contributed by atoms with Crippen LogP contribution in [0.15, 0.2) is 0 Å². The average molecular weight is 256 g/mol. The van der Waals surface area contributed by atoms with Crippen LogP contribution in [-0.2, 0) is 9.53 Å². The van der Waals surface area contributed by atoms with Crippen molar-refractivity contribution in [3.8, 4) is 0 Å². The molecule has 0 radical (unpaired) electrons. The Morgan fingerprint density at radius 1 is 1.17 bits per heavy atom. The first-order valence-electron chi connectivity index (χ1n) is 7.25. The lowest BCUT2D eigenvalue weighted by Gasteiger charge is -2.26. The number of methoxy groups -OCH3 is 1. The van der Waals surface area contributed by atoms with Crippen LogP contribution in [0.1, 0.15) is 39.0 Å². The number of amides is 1. The molecule has 0 unspecified atom stereocenters. The van der Waals surface area contributed by atoms with E-state index in [1.807, 2.05) is 0 Å². The fraction of sp³-hybridized carbons (Fsp3) is 0.929. The van der Waals surface area contributed by atoms with Gasteiger partial charge >= 0.3 is 0 Å². The lowest BCUT2D eigenvalue weighted by atomic mass is 9.80. The number of nitrogens with one attached hydrogen (secondary N) is 2. The molecule has 1 amide bonds.